The first-order valence-electron chi connectivity index (χ1n) is 7.28. The normalized spacial score (nSPS) is 25.4. The summed E-state index contributed by atoms with van der Waals surface area (Å²) in [5.41, 5.74) is 0.144. The van der Waals surface area contributed by atoms with E-state index in [0.29, 0.717) is 6.04 Å². The van der Waals surface area contributed by atoms with Crippen molar-refractivity contribution >= 4 is 15.9 Å². The van der Waals surface area contributed by atoms with Gasteiger partial charge in [-0.25, -0.2) is 10.0 Å². The molecule has 2 atom stereocenters. The van der Waals surface area contributed by atoms with Gasteiger partial charge in [-0.2, -0.15) is 0 Å². The van der Waals surface area contributed by atoms with Crippen molar-refractivity contribution in [2.45, 2.75) is 51.6 Å². The second kappa shape index (κ2) is 6.49. The Morgan fingerprint density at radius 2 is 1.84 bits per heavy atom. The molecule has 1 aliphatic rings. The Bertz CT molecular complexity index is 304. The van der Waals surface area contributed by atoms with Crippen LogP contribution >= 0.6 is 10.0 Å². The molecule has 0 radical (unpaired) electrons. The average Bonchev–Trinajstić information content (AvgIpc) is 2.61. The number of hydrogen-bond acceptors (Lipinski definition) is 2. The fraction of sp³-hybridized carbons (Fsp3) is 0.933. The highest BCUT2D eigenvalue weighted by molar-refractivity contribution is 8.32. The van der Waals surface area contributed by atoms with E-state index in [9.17, 15) is 4.79 Å². The lowest BCUT2D eigenvalue weighted by Gasteiger charge is -2.26. The van der Waals surface area contributed by atoms with Gasteiger partial charge in [0.05, 0.1) is 0 Å². The Balaban J connectivity index is 2.28. The van der Waals surface area contributed by atoms with Crippen LogP contribution in [0.1, 0.15) is 40.0 Å². The highest BCUT2D eigenvalue weighted by Gasteiger charge is 2.31. The van der Waals surface area contributed by atoms with E-state index >= 15 is 0 Å². The number of carbonyl (C=O) groups is 1. The zero-order valence-electron chi connectivity index (χ0n) is 13.5. The maximum absolute atomic E-state index is 12.1. The first-order valence-corrected chi connectivity index (χ1v) is 10.3. The van der Waals surface area contributed by atoms with Gasteiger partial charge in [-0.15, -0.1) is 0 Å². The molecule has 2 N–H and O–H groups in total. The quantitative estimate of drug-likeness (QED) is 0.815. The topological polar surface area (TPSA) is 41.1 Å². The summed E-state index contributed by atoms with van der Waals surface area (Å²) < 4.78 is 0. The number of hydrogen-bond donors (Lipinski definition) is 2. The molecule has 1 saturated carbocycles. The van der Waals surface area contributed by atoms with Crippen LogP contribution in [0, 0.1) is 5.92 Å². The molecule has 0 aliphatic heterocycles. The third-order valence-electron chi connectivity index (χ3n) is 3.45. The molecule has 0 aromatic rings. The molecule has 0 bridgehead atoms. The van der Waals surface area contributed by atoms with Gasteiger partial charge in [0.2, 0.25) is 5.91 Å². The van der Waals surface area contributed by atoms with E-state index in [-0.39, 0.29) is 17.4 Å². The predicted octanol–water partition coefficient (Wildman–Crippen LogP) is 2.35. The first kappa shape index (κ1) is 16.8. The van der Waals surface area contributed by atoms with Gasteiger partial charge >= 0.3 is 0 Å². The summed E-state index contributed by atoms with van der Waals surface area (Å²) in [5, 5.41) is 6.73. The SMILES string of the molecule is CC(C)(C)N[C@@H]1CC[C@@H](C(=O)NCCS(C)(C)C)C1. The van der Waals surface area contributed by atoms with Gasteiger partial charge < -0.3 is 10.6 Å². The summed E-state index contributed by atoms with van der Waals surface area (Å²) in [6, 6.07) is 0.504. The van der Waals surface area contributed by atoms with E-state index in [4.69, 9.17) is 0 Å². The Hall–Kier alpha value is -0.220. The molecule has 1 rings (SSSR count). The highest BCUT2D eigenvalue weighted by atomic mass is 32.3. The van der Waals surface area contributed by atoms with Crippen LogP contribution in [0.25, 0.3) is 0 Å². The molecule has 0 aromatic carbocycles. The second-order valence-corrected chi connectivity index (χ2v) is 12.3. The summed E-state index contributed by atoms with van der Waals surface area (Å²) in [6.45, 7) is 7.40. The first-order chi connectivity index (χ1) is 8.57. The summed E-state index contributed by atoms with van der Waals surface area (Å²) >= 11 is 0. The molecule has 19 heavy (non-hydrogen) atoms. The van der Waals surface area contributed by atoms with Crippen molar-refractivity contribution < 1.29 is 4.79 Å². The van der Waals surface area contributed by atoms with Crippen LogP contribution in [0.2, 0.25) is 0 Å². The summed E-state index contributed by atoms with van der Waals surface area (Å²) in [5.74, 6) is 1.60. The zero-order chi connectivity index (χ0) is 14.7. The molecule has 114 valence electrons. The van der Waals surface area contributed by atoms with Crippen molar-refractivity contribution in [3.63, 3.8) is 0 Å². The van der Waals surface area contributed by atoms with Gasteiger partial charge in [0.1, 0.15) is 0 Å². The Morgan fingerprint density at radius 1 is 1.21 bits per heavy atom. The molecular weight excluding hydrogens is 256 g/mol. The highest BCUT2D eigenvalue weighted by Crippen LogP contribution is 2.33. The molecule has 1 amide bonds. The van der Waals surface area contributed by atoms with Gasteiger partial charge in [-0.1, -0.05) is 0 Å². The summed E-state index contributed by atoms with van der Waals surface area (Å²) in [6.07, 6.45) is 10.0. The van der Waals surface area contributed by atoms with Crippen LogP contribution in [0.3, 0.4) is 0 Å². The molecule has 0 spiro atoms. The fourth-order valence-corrected chi connectivity index (χ4v) is 3.30. The van der Waals surface area contributed by atoms with E-state index in [2.05, 4.69) is 50.2 Å². The lowest BCUT2D eigenvalue weighted by molar-refractivity contribution is -0.124. The fourth-order valence-electron chi connectivity index (χ4n) is 2.59. The van der Waals surface area contributed by atoms with Crippen molar-refractivity contribution in [3.8, 4) is 0 Å². The Morgan fingerprint density at radius 3 is 2.37 bits per heavy atom. The lowest BCUT2D eigenvalue weighted by Crippen LogP contribution is -2.43. The molecule has 0 aromatic heterocycles. The maximum atomic E-state index is 12.1. The van der Waals surface area contributed by atoms with Crippen molar-refractivity contribution in [1.29, 1.82) is 0 Å². The van der Waals surface area contributed by atoms with Crippen LogP contribution in [0.5, 0.6) is 0 Å². The van der Waals surface area contributed by atoms with E-state index in [1.54, 1.807) is 0 Å². The van der Waals surface area contributed by atoms with Crippen LogP contribution in [0.4, 0.5) is 0 Å². The molecule has 0 heterocycles. The van der Waals surface area contributed by atoms with Crippen LogP contribution in [-0.4, -0.2) is 48.6 Å². The third kappa shape index (κ3) is 7.21. The summed E-state index contributed by atoms with van der Waals surface area (Å²) in [4.78, 5) is 12.1. The molecule has 1 aliphatic carbocycles. The molecule has 3 nitrogen and oxygen atoms in total. The monoisotopic (exact) mass is 288 g/mol. The van der Waals surface area contributed by atoms with E-state index in [0.717, 1.165) is 31.6 Å². The van der Waals surface area contributed by atoms with Gasteiger partial charge in [0.25, 0.3) is 0 Å². The zero-order valence-corrected chi connectivity index (χ0v) is 14.3. The Kier molecular flexibility index (Phi) is 5.75. The van der Waals surface area contributed by atoms with Gasteiger partial charge in [0, 0.05) is 24.0 Å². The minimum absolute atomic E-state index is 0.144. The molecule has 0 unspecified atom stereocenters. The molecular formula is C15H32N2OS. The van der Waals surface area contributed by atoms with Crippen LogP contribution in [0.15, 0.2) is 0 Å². The van der Waals surface area contributed by atoms with Crippen molar-refractivity contribution in [1.82, 2.24) is 10.6 Å². The van der Waals surface area contributed by atoms with Crippen LogP contribution < -0.4 is 10.6 Å². The number of carbonyl (C=O) groups excluding carboxylic acids is 1. The number of amides is 1. The predicted molar refractivity (Wildman–Crippen MR) is 87.3 cm³/mol. The van der Waals surface area contributed by atoms with Crippen LogP contribution in [-0.2, 0) is 4.79 Å². The third-order valence-corrected chi connectivity index (χ3v) is 4.88. The van der Waals surface area contributed by atoms with E-state index < -0.39 is 10.0 Å². The standard InChI is InChI=1S/C15H32N2OS/c1-15(2,3)17-13-8-7-12(11-13)14(18)16-9-10-19(4,5)6/h12-13,17H,7-11H2,1-6H3,(H,16,18)/t12-,13-/m1/s1. The van der Waals surface area contributed by atoms with Gasteiger partial charge in [-0.05, 0) is 64.6 Å². The smallest absolute Gasteiger partial charge is 0.223 e. The van der Waals surface area contributed by atoms with Crippen molar-refractivity contribution in [2.24, 2.45) is 5.92 Å². The summed E-state index contributed by atoms with van der Waals surface area (Å²) in [7, 11) is -0.505. The number of nitrogens with one attached hydrogen (secondary N) is 2. The molecule has 1 fully saturated rings. The minimum Gasteiger partial charge on any atom is -0.355 e. The van der Waals surface area contributed by atoms with Gasteiger partial charge in [0.15, 0.2) is 0 Å². The second-order valence-electron chi connectivity index (χ2n) is 7.69. The Labute approximate surface area is 120 Å². The van der Waals surface area contributed by atoms with Gasteiger partial charge in [-0.3, -0.25) is 4.79 Å². The maximum Gasteiger partial charge on any atom is 0.223 e. The van der Waals surface area contributed by atoms with E-state index in [1.807, 2.05) is 0 Å². The minimum atomic E-state index is -0.505. The average molecular weight is 289 g/mol. The number of rotatable bonds is 5. The molecule has 0 saturated heterocycles. The largest absolute Gasteiger partial charge is 0.355 e. The van der Waals surface area contributed by atoms with Crippen molar-refractivity contribution in [2.75, 3.05) is 31.1 Å². The molecule has 4 heteroatoms. The van der Waals surface area contributed by atoms with E-state index in [1.165, 1.54) is 0 Å². The van der Waals surface area contributed by atoms with Crippen molar-refractivity contribution in [3.05, 3.63) is 0 Å². The lowest BCUT2D eigenvalue weighted by atomic mass is 10.0.